The Labute approximate surface area is 148 Å². The Hall–Kier alpha value is -2.61. The van der Waals surface area contributed by atoms with Gasteiger partial charge in [0.15, 0.2) is 5.75 Å². The Morgan fingerprint density at radius 1 is 1.00 bits per heavy atom. The van der Waals surface area contributed by atoms with Crippen molar-refractivity contribution >= 4 is 21.0 Å². The Morgan fingerprint density at radius 3 is 2.27 bits per heavy atom. The van der Waals surface area contributed by atoms with Crippen LogP contribution in [0, 0.1) is 13.8 Å². The Bertz CT molecular complexity index is 1080. The molecule has 0 N–H and O–H groups in total. The second kappa shape index (κ2) is 6.28. The first kappa shape index (κ1) is 18.2. The Morgan fingerprint density at radius 2 is 1.65 bits per heavy atom. The maximum Gasteiger partial charge on any atom is 0.433 e. The van der Waals surface area contributed by atoms with Gasteiger partial charge in [0.2, 0.25) is 0 Å². The smallest absolute Gasteiger partial charge is 0.378 e. The van der Waals surface area contributed by atoms with E-state index in [4.69, 9.17) is 4.18 Å². The molecule has 3 aromatic rings. The van der Waals surface area contributed by atoms with Crippen LogP contribution in [0.15, 0.2) is 53.4 Å². The number of aryl methyl sites for hydroxylation is 2. The number of alkyl halides is 3. The predicted octanol–water partition coefficient (Wildman–Crippen LogP) is 4.64. The van der Waals surface area contributed by atoms with Crippen molar-refractivity contribution in [3.05, 3.63) is 65.4 Å². The normalized spacial score (nSPS) is 12.3. The van der Waals surface area contributed by atoms with E-state index in [0.717, 1.165) is 5.56 Å². The molecule has 0 atom stereocenters. The second-order valence-electron chi connectivity index (χ2n) is 5.82. The van der Waals surface area contributed by atoms with E-state index in [-0.39, 0.29) is 15.8 Å². The van der Waals surface area contributed by atoms with E-state index in [1.807, 2.05) is 0 Å². The Balaban J connectivity index is 2.17. The third kappa shape index (κ3) is 3.50. The first-order valence-electron chi connectivity index (χ1n) is 7.57. The number of aromatic nitrogens is 1. The summed E-state index contributed by atoms with van der Waals surface area (Å²) in [4.78, 5) is 3.48. The van der Waals surface area contributed by atoms with Crippen molar-refractivity contribution in [2.45, 2.75) is 24.9 Å². The molecule has 0 spiro atoms. The van der Waals surface area contributed by atoms with Crippen LogP contribution in [0.5, 0.6) is 5.75 Å². The monoisotopic (exact) mass is 381 g/mol. The molecule has 136 valence electrons. The maximum absolute atomic E-state index is 13.2. The zero-order valence-corrected chi connectivity index (χ0v) is 14.6. The summed E-state index contributed by atoms with van der Waals surface area (Å²) >= 11 is 0. The van der Waals surface area contributed by atoms with Gasteiger partial charge in [-0.25, -0.2) is 4.98 Å². The molecule has 1 heterocycles. The predicted molar refractivity (Wildman–Crippen MR) is 90.5 cm³/mol. The standard InChI is InChI=1S/C18H14F3NO3S/c1-11-6-8-13(9-7-11)26(23,24)25-15-10-16(18(19,20)21)22-17-12(2)4-3-5-14(15)17/h3-10H,1-2H3. The molecule has 0 saturated carbocycles. The summed E-state index contributed by atoms with van der Waals surface area (Å²) in [6.45, 7) is 3.37. The largest absolute Gasteiger partial charge is 0.433 e. The molecular weight excluding hydrogens is 367 g/mol. The molecule has 0 unspecified atom stereocenters. The lowest BCUT2D eigenvalue weighted by Crippen LogP contribution is -2.13. The average molecular weight is 381 g/mol. The van der Waals surface area contributed by atoms with Gasteiger partial charge in [-0.15, -0.1) is 0 Å². The average Bonchev–Trinajstić information content (AvgIpc) is 2.55. The summed E-state index contributed by atoms with van der Waals surface area (Å²) in [5.41, 5.74) is 0.143. The SMILES string of the molecule is Cc1ccc(S(=O)(=O)Oc2cc(C(F)(F)F)nc3c(C)cccc23)cc1. The molecule has 0 amide bonds. The minimum Gasteiger partial charge on any atom is -0.378 e. The lowest BCUT2D eigenvalue weighted by molar-refractivity contribution is -0.141. The van der Waals surface area contributed by atoms with Crippen LogP contribution in [-0.2, 0) is 16.3 Å². The molecule has 0 bridgehead atoms. The number of nitrogens with zero attached hydrogens (tertiary/aromatic N) is 1. The van der Waals surface area contributed by atoms with Gasteiger partial charge in [0.1, 0.15) is 10.6 Å². The van der Waals surface area contributed by atoms with Crippen LogP contribution in [0.1, 0.15) is 16.8 Å². The molecule has 0 aliphatic rings. The fourth-order valence-electron chi connectivity index (χ4n) is 2.45. The number of benzene rings is 2. The topological polar surface area (TPSA) is 56.3 Å². The minimum atomic E-state index is -4.73. The number of pyridine rings is 1. The van der Waals surface area contributed by atoms with Gasteiger partial charge in [0.05, 0.1) is 5.52 Å². The molecule has 3 rings (SSSR count). The summed E-state index contributed by atoms with van der Waals surface area (Å²) in [6, 6.07) is 11.1. The van der Waals surface area contributed by atoms with Crippen LogP contribution in [-0.4, -0.2) is 13.4 Å². The van der Waals surface area contributed by atoms with E-state index in [1.54, 1.807) is 38.1 Å². The molecule has 0 aliphatic carbocycles. The third-order valence-corrected chi connectivity index (χ3v) is 5.05. The molecule has 0 radical (unpaired) electrons. The first-order chi connectivity index (χ1) is 12.1. The molecule has 1 aromatic heterocycles. The third-order valence-electron chi connectivity index (χ3n) is 3.80. The molecule has 8 heteroatoms. The summed E-state index contributed by atoms with van der Waals surface area (Å²) in [7, 11) is -4.29. The number of hydrogen-bond acceptors (Lipinski definition) is 4. The summed E-state index contributed by atoms with van der Waals surface area (Å²) in [5, 5.41) is 0.189. The number of rotatable bonds is 3. The van der Waals surface area contributed by atoms with Crippen LogP contribution in [0.3, 0.4) is 0 Å². The summed E-state index contributed by atoms with van der Waals surface area (Å²) < 4.78 is 69.5. The van der Waals surface area contributed by atoms with Gasteiger partial charge in [0.25, 0.3) is 0 Å². The van der Waals surface area contributed by atoms with Crippen molar-refractivity contribution in [1.82, 2.24) is 4.98 Å². The van der Waals surface area contributed by atoms with Crippen LogP contribution in [0.25, 0.3) is 10.9 Å². The van der Waals surface area contributed by atoms with Crippen LogP contribution in [0.4, 0.5) is 13.2 Å². The lowest BCUT2D eigenvalue weighted by Gasteiger charge is -2.14. The zero-order chi connectivity index (χ0) is 19.1. The molecule has 2 aromatic carbocycles. The van der Waals surface area contributed by atoms with Gasteiger partial charge in [-0.3, -0.25) is 0 Å². The van der Waals surface area contributed by atoms with Crippen LogP contribution < -0.4 is 4.18 Å². The minimum absolute atomic E-state index is 0.0384. The highest BCUT2D eigenvalue weighted by Crippen LogP contribution is 2.36. The quantitative estimate of drug-likeness (QED) is 0.621. The lowest BCUT2D eigenvalue weighted by atomic mass is 10.1. The fraction of sp³-hybridized carbons (Fsp3) is 0.167. The van der Waals surface area contributed by atoms with Crippen molar-refractivity contribution < 1.29 is 25.8 Å². The van der Waals surface area contributed by atoms with E-state index in [1.165, 1.54) is 18.2 Å². The molecule has 0 saturated heterocycles. The van der Waals surface area contributed by atoms with Gasteiger partial charge >= 0.3 is 16.3 Å². The van der Waals surface area contributed by atoms with Crippen molar-refractivity contribution in [2.75, 3.05) is 0 Å². The molecule has 0 aliphatic heterocycles. The van der Waals surface area contributed by atoms with Crippen LogP contribution in [0.2, 0.25) is 0 Å². The van der Waals surface area contributed by atoms with Gasteiger partial charge in [0, 0.05) is 11.5 Å². The van der Waals surface area contributed by atoms with E-state index in [9.17, 15) is 21.6 Å². The molecule has 26 heavy (non-hydrogen) atoms. The number of para-hydroxylation sites is 1. The number of halogens is 3. The van der Waals surface area contributed by atoms with E-state index < -0.39 is 27.7 Å². The number of hydrogen-bond donors (Lipinski definition) is 0. The highest BCUT2D eigenvalue weighted by molar-refractivity contribution is 7.87. The zero-order valence-electron chi connectivity index (χ0n) is 13.8. The highest BCUT2D eigenvalue weighted by atomic mass is 32.2. The first-order valence-corrected chi connectivity index (χ1v) is 8.97. The number of fused-ring (bicyclic) bond motifs is 1. The van der Waals surface area contributed by atoms with Crippen LogP contribution >= 0.6 is 0 Å². The fourth-order valence-corrected chi connectivity index (χ4v) is 3.39. The van der Waals surface area contributed by atoms with Gasteiger partial charge in [-0.1, -0.05) is 29.8 Å². The summed E-state index contributed by atoms with van der Waals surface area (Å²) in [5.74, 6) is -0.411. The van der Waals surface area contributed by atoms with Crippen molar-refractivity contribution in [3.63, 3.8) is 0 Å². The molecule has 0 fully saturated rings. The van der Waals surface area contributed by atoms with E-state index in [2.05, 4.69) is 4.98 Å². The van der Waals surface area contributed by atoms with E-state index in [0.29, 0.717) is 11.6 Å². The van der Waals surface area contributed by atoms with Gasteiger partial charge < -0.3 is 4.18 Å². The van der Waals surface area contributed by atoms with Crippen molar-refractivity contribution in [2.24, 2.45) is 0 Å². The van der Waals surface area contributed by atoms with Crippen molar-refractivity contribution in [1.29, 1.82) is 0 Å². The van der Waals surface area contributed by atoms with Crippen molar-refractivity contribution in [3.8, 4) is 5.75 Å². The van der Waals surface area contributed by atoms with Gasteiger partial charge in [-0.05, 0) is 37.6 Å². The molecule has 4 nitrogen and oxygen atoms in total. The second-order valence-corrected chi connectivity index (χ2v) is 7.37. The maximum atomic E-state index is 13.2. The van der Waals surface area contributed by atoms with E-state index >= 15 is 0 Å². The van der Waals surface area contributed by atoms with Gasteiger partial charge in [-0.2, -0.15) is 21.6 Å². The Kier molecular flexibility index (Phi) is 4.39. The summed E-state index contributed by atoms with van der Waals surface area (Å²) in [6.07, 6.45) is -4.73. The highest BCUT2D eigenvalue weighted by Gasteiger charge is 2.34. The molecular formula is C18H14F3NO3S.